The number of nitrogens with one attached hydrogen (secondary N) is 1. The lowest BCUT2D eigenvalue weighted by Gasteiger charge is -2.29. The van der Waals surface area contributed by atoms with E-state index in [0.29, 0.717) is 6.61 Å². The first kappa shape index (κ1) is 19.4. The summed E-state index contributed by atoms with van der Waals surface area (Å²) in [7, 11) is 1.71. The van der Waals surface area contributed by atoms with Crippen LogP contribution in [0.1, 0.15) is 29.9 Å². The largest absolute Gasteiger partial charge is 0.508 e. The van der Waals surface area contributed by atoms with Crippen LogP contribution in [0, 0.1) is 0 Å². The summed E-state index contributed by atoms with van der Waals surface area (Å²) in [6.45, 7) is 1.47. The third kappa shape index (κ3) is 3.97. The van der Waals surface area contributed by atoms with E-state index in [1.807, 2.05) is 48.8 Å². The fourth-order valence-electron chi connectivity index (χ4n) is 3.83. The van der Waals surface area contributed by atoms with E-state index < -0.39 is 0 Å². The van der Waals surface area contributed by atoms with Gasteiger partial charge in [-0.25, -0.2) is 0 Å². The van der Waals surface area contributed by atoms with Gasteiger partial charge in [0, 0.05) is 44.0 Å². The molecule has 3 aromatic rings. The summed E-state index contributed by atoms with van der Waals surface area (Å²) in [5.41, 5.74) is 3.04. The number of ether oxygens (including phenoxy) is 1. The van der Waals surface area contributed by atoms with Crippen molar-refractivity contribution < 1.29 is 9.84 Å². The molecule has 2 N–H and O–H groups in total. The number of nitrogens with zero attached hydrogens (tertiary/aromatic N) is 3. The van der Waals surface area contributed by atoms with E-state index in [0.717, 1.165) is 35.2 Å². The van der Waals surface area contributed by atoms with Gasteiger partial charge in [0.25, 0.3) is 0 Å². The molecule has 1 aliphatic rings. The van der Waals surface area contributed by atoms with Gasteiger partial charge in [-0.15, -0.1) is 0 Å². The molecule has 0 radical (unpaired) electrons. The second-order valence-corrected chi connectivity index (χ2v) is 7.37. The number of phenolic OH excluding ortho intramolecular Hbond substituents is 1. The van der Waals surface area contributed by atoms with Crippen molar-refractivity contribution in [2.24, 2.45) is 0 Å². The third-order valence-electron chi connectivity index (χ3n) is 5.16. The van der Waals surface area contributed by atoms with E-state index in [1.54, 1.807) is 19.2 Å². The van der Waals surface area contributed by atoms with Crippen molar-refractivity contribution in [3.8, 4) is 11.4 Å². The van der Waals surface area contributed by atoms with Crippen LogP contribution in [0.15, 0.2) is 67.0 Å². The second kappa shape index (κ2) is 8.63. The summed E-state index contributed by atoms with van der Waals surface area (Å²) in [6, 6.07) is 17.2. The van der Waals surface area contributed by atoms with Crippen molar-refractivity contribution in [2.75, 3.05) is 20.3 Å². The number of pyridine rings is 1. The molecule has 1 fully saturated rings. The monoisotopic (exact) mass is 408 g/mol. The minimum atomic E-state index is -0.0583. The average Bonchev–Trinajstić information content (AvgIpc) is 3.34. The van der Waals surface area contributed by atoms with Crippen LogP contribution in [0.3, 0.4) is 0 Å². The molecule has 2 atom stereocenters. The molecule has 0 aliphatic carbocycles. The number of aromatic hydroxyl groups is 1. The topological polar surface area (TPSA) is 62.5 Å². The number of aromatic nitrogens is 2. The number of phenols is 1. The molecule has 1 saturated heterocycles. The van der Waals surface area contributed by atoms with Crippen LogP contribution in [0.4, 0.5) is 0 Å². The van der Waals surface area contributed by atoms with Crippen molar-refractivity contribution in [2.45, 2.75) is 18.5 Å². The normalized spacial score (nSPS) is 18.8. The predicted octanol–water partition coefficient (Wildman–Crippen LogP) is 3.59. The summed E-state index contributed by atoms with van der Waals surface area (Å²) < 4.78 is 7.38. The molecular formula is C22H24N4O2S. The van der Waals surface area contributed by atoms with E-state index in [-0.39, 0.29) is 17.8 Å². The Bertz CT molecular complexity index is 958. The number of benzene rings is 1. The Labute approximate surface area is 175 Å². The van der Waals surface area contributed by atoms with E-state index in [4.69, 9.17) is 17.0 Å². The van der Waals surface area contributed by atoms with Crippen LogP contribution in [-0.4, -0.2) is 44.9 Å². The van der Waals surface area contributed by atoms with Crippen molar-refractivity contribution in [3.63, 3.8) is 0 Å². The summed E-state index contributed by atoms with van der Waals surface area (Å²) in [5, 5.41) is 13.9. The van der Waals surface area contributed by atoms with Crippen LogP contribution in [0.2, 0.25) is 0 Å². The third-order valence-corrected chi connectivity index (χ3v) is 5.51. The Balaban J connectivity index is 1.75. The molecule has 1 aliphatic heterocycles. The fraction of sp³-hybridized carbons (Fsp3) is 0.273. The molecule has 29 heavy (non-hydrogen) atoms. The lowest BCUT2D eigenvalue weighted by atomic mass is 10.0. The molecule has 6 nitrogen and oxygen atoms in total. The molecular weight excluding hydrogens is 384 g/mol. The summed E-state index contributed by atoms with van der Waals surface area (Å²) in [5.74, 6) is 0.249. The average molecular weight is 409 g/mol. The number of methoxy groups -OCH3 is 1. The molecule has 2 aromatic heterocycles. The highest BCUT2D eigenvalue weighted by Gasteiger charge is 2.40. The first-order valence-electron chi connectivity index (χ1n) is 9.62. The molecule has 1 aromatic carbocycles. The second-order valence-electron chi connectivity index (χ2n) is 6.99. The van der Waals surface area contributed by atoms with Gasteiger partial charge in [-0.05, 0) is 67.2 Å². The highest BCUT2D eigenvalue weighted by Crippen LogP contribution is 2.39. The van der Waals surface area contributed by atoms with E-state index in [9.17, 15) is 5.11 Å². The number of rotatable bonds is 7. The maximum atomic E-state index is 9.66. The lowest BCUT2D eigenvalue weighted by molar-refractivity contribution is 0.180. The molecule has 0 saturated carbocycles. The molecule has 0 amide bonds. The number of hydrogen-bond donors (Lipinski definition) is 2. The van der Waals surface area contributed by atoms with Gasteiger partial charge < -0.3 is 24.6 Å². The van der Waals surface area contributed by atoms with Gasteiger partial charge in [0.15, 0.2) is 5.11 Å². The molecule has 7 heteroatoms. The molecule has 0 bridgehead atoms. The number of hydrogen-bond acceptors (Lipinski definition) is 4. The maximum Gasteiger partial charge on any atom is 0.170 e. The zero-order valence-electron chi connectivity index (χ0n) is 16.2. The van der Waals surface area contributed by atoms with Crippen molar-refractivity contribution >= 4 is 17.3 Å². The van der Waals surface area contributed by atoms with Crippen molar-refractivity contribution in [1.82, 2.24) is 19.8 Å². The maximum absolute atomic E-state index is 9.66. The van der Waals surface area contributed by atoms with Gasteiger partial charge in [0.1, 0.15) is 5.75 Å². The zero-order valence-corrected chi connectivity index (χ0v) is 17.0. The first-order chi connectivity index (χ1) is 14.2. The smallest absolute Gasteiger partial charge is 0.170 e. The van der Waals surface area contributed by atoms with Gasteiger partial charge in [-0.1, -0.05) is 6.07 Å². The van der Waals surface area contributed by atoms with Gasteiger partial charge >= 0.3 is 0 Å². The Morgan fingerprint density at radius 3 is 2.69 bits per heavy atom. The summed E-state index contributed by atoms with van der Waals surface area (Å²) >= 11 is 5.70. The minimum absolute atomic E-state index is 0.0157. The highest BCUT2D eigenvalue weighted by molar-refractivity contribution is 7.80. The predicted molar refractivity (Wildman–Crippen MR) is 116 cm³/mol. The quantitative estimate of drug-likeness (QED) is 0.460. The number of thiocarbonyl (C=S) groups is 1. The van der Waals surface area contributed by atoms with Crippen molar-refractivity contribution in [3.05, 3.63) is 78.4 Å². The Hall–Kier alpha value is -2.90. The zero-order chi connectivity index (χ0) is 20.2. The molecule has 0 spiro atoms. The SMILES string of the molecule is COCCCN1C(=S)N[C@H](c2ccccn2)[C@@H]1c1cccn1-c1ccc(O)cc1. The van der Waals surface area contributed by atoms with Crippen LogP contribution < -0.4 is 5.32 Å². The van der Waals surface area contributed by atoms with Crippen LogP contribution in [0.25, 0.3) is 5.69 Å². The minimum Gasteiger partial charge on any atom is -0.508 e. The Morgan fingerprint density at radius 1 is 1.14 bits per heavy atom. The van der Waals surface area contributed by atoms with Gasteiger partial charge in [-0.2, -0.15) is 0 Å². The Kier molecular flexibility index (Phi) is 5.78. The van der Waals surface area contributed by atoms with Gasteiger partial charge in [-0.3, -0.25) is 4.98 Å². The summed E-state index contributed by atoms with van der Waals surface area (Å²) in [4.78, 5) is 6.81. The van der Waals surface area contributed by atoms with Crippen LogP contribution in [0.5, 0.6) is 5.75 Å². The first-order valence-corrected chi connectivity index (χ1v) is 10.0. The molecule has 0 unspecified atom stereocenters. The van der Waals surface area contributed by atoms with Crippen LogP contribution in [-0.2, 0) is 4.74 Å². The fourth-order valence-corrected chi connectivity index (χ4v) is 4.16. The van der Waals surface area contributed by atoms with E-state index >= 15 is 0 Å². The Morgan fingerprint density at radius 2 is 1.97 bits per heavy atom. The lowest BCUT2D eigenvalue weighted by Crippen LogP contribution is -2.32. The highest BCUT2D eigenvalue weighted by atomic mass is 32.1. The van der Waals surface area contributed by atoms with Gasteiger partial charge in [0.05, 0.1) is 17.8 Å². The van der Waals surface area contributed by atoms with Crippen molar-refractivity contribution in [1.29, 1.82) is 0 Å². The molecule has 4 rings (SSSR count). The summed E-state index contributed by atoms with van der Waals surface area (Å²) in [6.07, 6.45) is 4.72. The van der Waals surface area contributed by atoms with Gasteiger partial charge in [0.2, 0.25) is 0 Å². The standard InChI is InChI=1S/C22H24N4O2S/c1-28-15-5-14-26-21(20(24-22(26)29)18-6-2-3-12-23-18)19-7-4-13-25(19)16-8-10-17(27)11-9-16/h2-4,6-13,20-21,27H,5,14-15H2,1H3,(H,24,29)/t20-,21+/m1/s1. The van der Waals surface area contributed by atoms with E-state index in [1.165, 1.54) is 0 Å². The van der Waals surface area contributed by atoms with E-state index in [2.05, 4.69) is 25.8 Å². The molecule has 150 valence electrons. The molecule has 3 heterocycles. The van der Waals surface area contributed by atoms with Crippen LogP contribution >= 0.6 is 12.2 Å².